The van der Waals surface area contributed by atoms with Crippen LogP contribution in [0.15, 0.2) is 24.3 Å². The van der Waals surface area contributed by atoms with E-state index in [1.807, 2.05) is 0 Å². The van der Waals surface area contributed by atoms with Crippen LogP contribution in [0.1, 0.15) is 36.8 Å². The molecule has 2 atom stereocenters. The van der Waals surface area contributed by atoms with Gasteiger partial charge in [0.15, 0.2) is 0 Å². The molecule has 0 aliphatic heterocycles. The van der Waals surface area contributed by atoms with E-state index < -0.39 is 0 Å². The van der Waals surface area contributed by atoms with Crippen LogP contribution in [-0.2, 0) is 17.9 Å². The Morgan fingerprint density at radius 1 is 1.26 bits per heavy atom. The van der Waals surface area contributed by atoms with Crippen molar-refractivity contribution in [1.29, 1.82) is 0 Å². The third-order valence-corrected chi connectivity index (χ3v) is 4.01. The lowest BCUT2D eigenvalue weighted by atomic mass is 9.85. The minimum absolute atomic E-state index is 0.307. The summed E-state index contributed by atoms with van der Waals surface area (Å²) in [7, 11) is 1.72. The average molecular weight is 263 g/mol. The van der Waals surface area contributed by atoms with Crippen LogP contribution in [0.3, 0.4) is 0 Å². The van der Waals surface area contributed by atoms with E-state index in [1.54, 1.807) is 7.11 Å². The molecule has 1 aliphatic rings. The summed E-state index contributed by atoms with van der Waals surface area (Å²) in [4.78, 5) is 0. The van der Waals surface area contributed by atoms with Gasteiger partial charge in [0.25, 0.3) is 0 Å². The maximum Gasteiger partial charge on any atom is 0.0713 e. The highest BCUT2D eigenvalue weighted by atomic mass is 16.5. The molecule has 0 aromatic heterocycles. The summed E-state index contributed by atoms with van der Waals surface area (Å²) in [5.41, 5.74) is 2.50. The standard InChI is InChI=1S/C16H25NO2/c1-19-12-14-6-4-5-13(9-14)10-17-16-8-3-2-7-15(16)11-18/h4-6,9,15-18H,2-3,7-8,10-12H2,1H3. The third-order valence-electron chi connectivity index (χ3n) is 4.01. The number of hydrogen-bond donors (Lipinski definition) is 2. The maximum atomic E-state index is 9.42. The zero-order valence-corrected chi connectivity index (χ0v) is 11.8. The van der Waals surface area contributed by atoms with Gasteiger partial charge in [0.2, 0.25) is 0 Å². The fraction of sp³-hybridized carbons (Fsp3) is 0.625. The van der Waals surface area contributed by atoms with Crippen LogP contribution in [-0.4, -0.2) is 24.9 Å². The van der Waals surface area contributed by atoms with Crippen molar-refractivity contribution in [3.05, 3.63) is 35.4 Å². The van der Waals surface area contributed by atoms with Gasteiger partial charge in [-0.3, -0.25) is 0 Å². The molecule has 19 heavy (non-hydrogen) atoms. The molecule has 2 rings (SSSR count). The Kier molecular flexibility index (Phi) is 5.83. The van der Waals surface area contributed by atoms with Gasteiger partial charge in [-0.15, -0.1) is 0 Å². The Morgan fingerprint density at radius 2 is 2.05 bits per heavy atom. The summed E-state index contributed by atoms with van der Waals surface area (Å²) in [6.07, 6.45) is 4.87. The molecule has 2 N–H and O–H groups in total. The molecule has 0 amide bonds. The van der Waals surface area contributed by atoms with Gasteiger partial charge >= 0.3 is 0 Å². The van der Waals surface area contributed by atoms with Crippen LogP contribution < -0.4 is 5.32 Å². The highest BCUT2D eigenvalue weighted by Crippen LogP contribution is 2.24. The molecular formula is C16H25NO2. The second kappa shape index (κ2) is 7.63. The van der Waals surface area contributed by atoms with E-state index in [4.69, 9.17) is 4.74 Å². The quantitative estimate of drug-likeness (QED) is 0.828. The largest absolute Gasteiger partial charge is 0.396 e. The lowest BCUT2D eigenvalue weighted by molar-refractivity contribution is 0.152. The van der Waals surface area contributed by atoms with E-state index in [1.165, 1.54) is 30.4 Å². The molecule has 3 nitrogen and oxygen atoms in total. The summed E-state index contributed by atoms with van der Waals surface area (Å²) >= 11 is 0. The second-order valence-electron chi connectivity index (χ2n) is 5.47. The van der Waals surface area contributed by atoms with Gasteiger partial charge in [0, 0.05) is 26.3 Å². The van der Waals surface area contributed by atoms with E-state index in [9.17, 15) is 5.11 Å². The zero-order chi connectivity index (χ0) is 13.5. The Morgan fingerprint density at radius 3 is 2.84 bits per heavy atom. The Bertz CT molecular complexity index is 381. The smallest absolute Gasteiger partial charge is 0.0713 e. The van der Waals surface area contributed by atoms with Crippen molar-refractivity contribution < 1.29 is 9.84 Å². The van der Waals surface area contributed by atoms with Crippen LogP contribution in [0.4, 0.5) is 0 Å². The molecule has 2 unspecified atom stereocenters. The number of ether oxygens (including phenoxy) is 1. The number of aliphatic hydroxyl groups is 1. The monoisotopic (exact) mass is 263 g/mol. The van der Waals surface area contributed by atoms with Gasteiger partial charge in [0.1, 0.15) is 0 Å². The highest BCUT2D eigenvalue weighted by Gasteiger charge is 2.23. The molecule has 1 aromatic carbocycles. The van der Waals surface area contributed by atoms with Gasteiger partial charge in [-0.1, -0.05) is 37.1 Å². The van der Waals surface area contributed by atoms with Gasteiger partial charge < -0.3 is 15.2 Å². The summed E-state index contributed by atoms with van der Waals surface area (Å²) in [6, 6.07) is 8.96. The number of methoxy groups -OCH3 is 1. The molecule has 0 heterocycles. The number of hydrogen-bond acceptors (Lipinski definition) is 3. The minimum atomic E-state index is 0.307. The Hall–Kier alpha value is -0.900. The predicted octanol–water partition coefficient (Wildman–Crippen LogP) is 2.47. The first-order valence-corrected chi connectivity index (χ1v) is 7.24. The fourth-order valence-electron chi connectivity index (χ4n) is 2.94. The van der Waals surface area contributed by atoms with Crippen molar-refractivity contribution in [3.8, 4) is 0 Å². The van der Waals surface area contributed by atoms with Crippen LogP contribution in [0.2, 0.25) is 0 Å². The van der Waals surface area contributed by atoms with Crippen molar-refractivity contribution in [3.63, 3.8) is 0 Å². The molecule has 1 aromatic rings. The SMILES string of the molecule is COCc1cccc(CNC2CCCCC2CO)c1. The molecule has 1 aliphatic carbocycles. The van der Waals surface area contributed by atoms with Crippen molar-refractivity contribution in [2.24, 2.45) is 5.92 Å². The summed E-state index contributed by atoms with van der Waals surface area (Å²) in [6.45, 7) is 1.84. The van der Waals surface area contributed by atoms with E-state index in [0.717, 1.165) is 13.0 Å². The van der Waals surface area contributed by atoms with E-state index in [0.29, 0.717) is 25.2 Å². The van der Waals surface area contributed by atoms with E-state index >= 15 is 0 Å². The van der Waals surface area contributed by atoms with Crippen molar-refractivity contribution >= 4 is 0 Å². The lowest BCUT2D eigenvalue weighted by Crippen LogP contribution is -2.39. The lowest BCUT2D eigenvalue weighted by Gasteiger charge is -2.31. The molecule has 1 fully saturated rings. The third kappa shape index (κ3) is 4.30. The van der Waals surface area contributed by atoms with Gasteiger partial charge in [-0.25, -0.2) is 0 Å². The van der Waals surface area contributed by atoms with E-state index in [-0.39, 0.29) is 0 Å². The summed E-state index contributed by atoms with van der Waals surface area (Å²) in [5, 5.41) is 13.0. The number of benzene rings is 1. The van der Waals surface area contributed by atoms with Gasteiger partial charge in [-0.2, -0.15) is 0 Å². The molecule has 106 valence electrons. The van der Waals surface area contributed by atoms with Crippen molar-refractivity contribution in [2.45, 2.75) is 44.9 Å². The molecule has 0 spiro atoms. The Balaban J connectivity index is 1.88. The van der Waals surface area contributed by atoms with Crippen molar-refractivity contribution in [1.82, 2.24) is 5.32 Å². The first-order valence-electron chi connectivity index (χ1n) is 7.24. The first kappa shape index (κ1) is 14.5. The number of aliphatic hydroxyl groups excluding tert-OH is 1. The highest BCUT2D eigenvalue weighted by molar-refractivity contribution is 5.23. The molecule has 0 radical (unpaired) electrons. The van der Waals surface area contributed by atoms with Crippen LogP contribution in [0, 0.1) is 5.92 Å². The van der Waals surface area contributed by atoms with Crippen LogP contribution in [0.25, 0.3) is 0 Å². The first-order chi connectivity index (χ1) is 9.33. The normalized spacial score (nSPS) is 23.5. The van der Waals surface area contributed by atoms with Crippen LogP contribution in [0.5, 0.6) is 0 Å². The van der Waals surface area contributed by atoms with Crippen molar-refractivity contribution in [2.75, 3.05) is 13.7 Å². The second-order valence-corrected chi connectivity index (χ2v) is 5.47. The topological polar surface area (TPSA) is 41.5 Å². The Labute approximate surface area is 116 Å². The summed E-state index contributed by atoms with van der Waals surface area (Å²) < 4.78 is 5.16. The molecule has 1 saturated carbocycles. The predicted molar refractivity (Wildman–Crippen MR) is 76.8 cm³/mol. The number of nitrogens with one attached hydrogen (secondary N) is 1. The van der Waals surface area contributed by atoms with Crippen LogP contribution >= 0.6 is 0 Å². The summed E-state index contributed by atoms with van der Waals surface area (Å²) in [5.74, 6) is 0.427. The van der Waals surface area contributed by atoms with Gasteiger partial charge in [0.05, 0.1) is 6.61 Å². The molecular weight excluding hydrogens is 238 g/mol. The van der Waals surface area contributed by atoms with Gasteiger partial charge in [-0.05, 0) is 29.9 Å². The zero-order valence-electron chi connectivity index (χ0n) is 11.8. The molecule has 0 bridgehead atoms. The van der Waals surface area contributed by atoms with E-state index in [2.05, 4.69) is 29.6 Å². The maximum absolute atomic E-state index is 9.42. The molecule has 3 heteroatoms. The fourth-order valence-corrected chi connectivity index (χ4v) is 2.94. The minimum Gasteiger partial charge on any atom is -0.396 e. The number of rotatable bonds is 6. The average Bonchev–Trinajstić information content (AvgIpc) is 2.46. The molecule has 0 saturated heterocycles.